The number of carbonyl (C=O) groups excluding carboxylic acids is 2. The Morgan fingerprint density at radius 1 is 1.20 bits per heavy atom. The number of anilines is 1. The molecule has 9 heteroatoms. The zero-order chi connectivity index (χ0) is 21.3. The molecule has 0 radical (unpaired) electrons. The van der Waals surface area contributed by atoms with Crippen LogP contribution in [0.1, 0.15) is 37.0 Å². The number of thiophene rings is 1. The molecule has 0 saturated heterocycles. The molecule has 0 atom stereocenters. The second kappa shape index (κ2) is 7.96. The van der Waals surface area contributed by atoms with Crippen molar-refractivity contribution < 1.29 is 18.8 Å². The minimum absolute atomic E-state index is 0.167. The molecule has 0 aliphatic carbocycles. The van der Waals surface area contributed by atoms with Gasteiger partial charge in [-0.2, -0.15) is 0 Å². The monoisotopic (exact) mass is 423 g/mol. The van der Waals surface area contributed by atoms with Crippen LogP contribution in [0.25, 0.3) is 5.65 Å². The molecule has 0 bridgehead atoms. The van der Waals surface area contributed by atoms with Gasteiger partial charge in [0.2, 0.25) is 0 Å². The smallest absolute Gasteiger partial charge is 0.338 e. The summed E-state index contributed by atoms with van der Waals surface area (Å²) in [6, 6.07) is 11.3. The summed E-state index contributed by atoms with van der Waals surface area (Å²) < 4.78 is 11.6. The molecule has 4 aromatic rings. The van der Waals surface area contributed by atoms with E-state index in [1.807, 2.05) is 12.3 Å². The summed E-state index contributed by atoms with van der Waals surface area (Å²) in [6.45, 7) is 3.37. The lowest BCUT2D eigenvalue weighted by Gasteiger charge is -2.10. The van der Waals surface area contributed by atoms with Crippen LogP contribution in [0, 0.1) is 13.8 Å². The SMILES string of the molecule is Cc1cc2nc(COC(=O)c3ccc(C)c(NC(=O)c4cccs4)c3)cc(=O)n2o1. The topological polar surface area (TPSA) is 103 Å². The van der Waals surface area contributed by atoms with Crippen molar-refractivity contribution in [2.75, 3.05) is 5.32 Å². The van der Waals surface area contributed by atoms with Crippen molar-refractivity contribution in [3.63, 3.8) is 0 Å². The van der Waals surface area contributed by atoms with Gasteiger partial charge in [-0.05, 0) is 43.0 Å². The highest BCUT2D eigenvalue weighted by Crippen LogP contribution is 2.20. The zero-order valence-electron chi connectivity index (χ0n) is 16.2. The van der Waals surface area contributed by atoms with Crippen LogP contribution in [-0.4, -0.2) is 21.4 Å². The molecule has 1 amide bonds. The minimum atomic E-state index is -0.591. The van der Waals surface area contributed by atoms with Crippen LogP contribution < -0.4 is 10.9 Å². The van der Waals surface area contributed by atoms with E-state index in [1.165, 1.54) is 17.4 Å². The lowest BCUT2D eigenvalue weighted by atomic mass is 10.1. The molecule has 0 aliphatic rings. The van der Waals surface area contributed by atoms with E-state index in [-0.39, 0.29) is 18.1 Å². The van der Waals surface area contributed by atoms with Crippen LogP contribution in [0.5, 0.6) is 0 Å². The van der Waals surface area contributed by atoms with Gasteiger partial charge in [-0.3, -0.25) is 9.59 Å². The van der Waals surface area contributed by atoms with E-state index in [2.05, 4.69) is 10.3 Å². The first kappa shape index (κ1) is 19.6. The van der Waals surface area contributed by atoms with E-state index in [9.17, 15) is 14.4 Å². The highest BCUT2D eigenvalue weighted by molar-refractivity contribution is 7.12. The fourth-order valence-corrected chi connectivity index (χ4v) is 3.46. The van der Waals surface area contributed by atoms with Gasteiger partial charge in [-0.1, -0.05) is 12.1 Å². The van der Waals surface area contributed by atoms with Gasteiger partial charge in [-0.15, -0.1) is 15.9 Å². The zero-order valence-corrected chi connectivity index (χ0v) is 17.0. The third-order valence-corrected chi connectivity index (χ3v) is 5.21. The second-order valence-electron chi connectivity index (χ2n) is 6.62. The standard InChI is InChI=1S/C21H17N3O5S/c1-12-5-6-14(9-16(12)23-20(26)17-4-3-7-30-17)21(27)28-11-15-10-19(25)24-18(22-15)8-13(2)29-24/h3-10H,11H2,1-2H3,(H,23,26). The number of benzene rings is 1. The van der Waals surface area contributed by atoms with Gasteiger partial charge in [-0.25, -0.2) is 9.78 Å². The van der Waals surface area contributed by atoms with Crippen molar-refractivity contribution in [1.29, 1.82) is 0 Å². The molecular weight excluding hydrogens is 406 g/mol. The first-order valence-corrected chi connectivity index (χ1v) is 9.91. The Kier molecular flexibility index (Phi) is 5.20. The Balaban J connectivity index is 1.48. The molecule has 3 heterocycles. The Hall–Kier alpha value is -3.72. The maximum atomic E-state index is 12.5. The third kappa shape index (κ3) is 4.01. The molecule has 3 aromatic heterocycles. The number of nitrogens with zero attached hydrogens (tertiary/aromatic N) is 2. The summed E-state index contributed by atoms with van der Waals surface area (Å²) in [5.74, 6) is -0.287. The Morgan fingerprint density at radius 2 is 2.03 bits per heavy atom. The number of rotatable bonds is 5. The third-order valence-electron chi connectivity index (χ3n) is 4.34. The summed E-state index contributed by atoms with van der Waals surface area (Å²) >= 11 is 1.33. The lowest BCUT2D eigenvalue weighted by Crippen LogP contribution is -2.15. The average Bonchev–Trinajstić information content (AvgIpc) is 3.37. The Labute approximate surface area is 174 Å². The van der Waals surface area contributed by atoms with E-state index in [0.29, 0.717) is 27.7 Å². The number of ether oxygens (including phenoxy) is 1. The van der Waals surface area contributed by atoms with Gasteiger partial charge in [0.15, 0.2) is 5.65 Å². The van der Waals surface area contributed by atoms with Crippen molar-refractivity contribution in [2.45, 2.75) is 20.5 Å². The molecule has 1 aromatic carbocycles. The van der Waals surface area contributed by atoms with Crippen LogP contribution >= 0.6 is 11.3 Å². The number of aryl methyl sites for hydroxylation is 2. The number of hydrogen-bond donors (Lipinski definition) is 1. The first-order chi connectivity index (χ1) is 14.4. The molecule has 8 nitrogen and oxygen atoms in total. The summed E-state index contributed by atoms with van der Waals surface area (Å²) in [5.41, 5.74) is 1.88. The number of hydrogen-bond acceptors (Lipinski definition) is 7. The molecule has 1 N–H and O–H groups in total. The fourth-order valence-electron chi connectivity index (χ4n) is 2.85. The van der Waals surface area contributed by atoms with E-state index < -0.39 is 11.5 Å². The van der Waals surface area contributed by atoms with Gasteiger partial charge in [0.1, 0.15) is 12.4 Å². The van der Waals surface area contributed by atoms with Crippen molar-refractivity contribution in [3.8, 4) is 0 Å². The van der Waals surface area contributed by atoms with E-state index in [0.717, 1.165) is 10.1 Å². The van der Waals surface area contributed by atoms with Crippen molar-refractivity contribution in [1.82, 2.24) is 9.56 Å². The predicted molar refractivity (Wildman–Crippen MR) is 111 cm³/mol. The Bertz CT molecular complexity index is 1300. The highest BCUT2D eigenvalue weighted by Gasteiger charge is 2.14. The number of aromatic nitrogens is 2. The first-order valence-electron chi connectivity index (χ1n) is 9.03. The molecule has 0 unspecified atom stereocenters. The van der Waals surface area contributed by atoms with Gasteiger partial charge >= 0.3 is 5.97 Å². The van der Waals surface area contributed by atoms with Crippen molar-refractivity contribution in [3.05, 3.63) is 85.7 Å². The second-order valence-corrected chi connectivity index (χ2v) is 7.57. The maximum Gasteiger partial charge on any atom is 0.338 e. The predicted octanol–water partition coefficient (Wildman–Crippen LogP) is 3.58. The van der Waals surface area contributed by atoms with Crippen LogP contribution in [0.4, 0.5) is 5.69 Å². The lowest BCUT2D eigenvalue weighted by molar-refractivity contribution is 0.0467. The van der Waals surface area contributed by atoms with Crippen LogP contribution in [0.3, 0.4) is 0 Å². The molecule has 0 fully saturated rings. The number of carbonyl (C=O) groups is 2. The fraction of sp³-hybridized carbons (Fsp3) is 0.143. The van der Waals surface area contributed by atoms with Crippen molar-refractivity contribution in [2.24, 2.45) is 0 Å². The summed E-state index contributed by atoms with van der Waals surface area (Å²) in [4.78, 5) is 41.7. The molecule has 0 aliphatic heterocycles. The van der Waals surface area contributed by atoms with Gasteiger partial charge in [0.05, 0.1) is 16.1 Å². The summed E-state index contributed by atoms with van der Waals surface area (Å²) in [7, 11) is 0. The molecule has 0 saturated carbocycles. The molecular formula is C21H17N3O5S. The number of nitrogens with one attached hydrogen (secondary N) is 1. The van der Waals surface area contributed by atoms with Gasteiger partial charge in [0, 0.05) is 17.8 Å². The number of amides is 1. The quantitative estimate of drug-likeness (QED) is 0.492. The van der Waals surface area contributed by atoms with E-state index in [1.54, 1.807) is 43.3 Å². The highest BCUT2D eigenvalue weighted by atomic mass is 32.1. The van der Waals surface area contributed by atoms with Crippen LogP contribution in [0.2, 0.25) is 0 Å². The van der Waals surface area contributed by atoms with Gasteiger partial charge in [0.25, 0.3) is 11.5 Å². The van der Waals surface area contributed by atoms with Crippen LogP contribution in [0.15, 0.2) is 57.2 Å². The van der Waals surface area contributed by atoms with Gasteiger partial charge < -0.3 is 14.6 Å². The summed E-state index contributed by atoms with van der Waals surface area (Å²) in [6.07, 6.45) is 0. The average molecular weight is 423 g/mol. The van der Waals surface area contributed by atoms with Crippen LogP contribution in [-0.2, 0) is 11.3 Å². The molecule has 30 heavy (non-hydrogen) atoms. The normalized spacial score (nSPS) is 10.9. The van der Waals surface area contributed by atoms with E-state index in [4.69, 9.17) is 9.26 Å². The summed E-state index contributed by atoms with van der Waals surface area (Å²) in [5, 5.41) is 4.63. The van der Waals surface area contributed by atoms with Crippen molar-refractivity contribution >= 4 is 34.5 Å². The van der Waals surface area contributed by atoms with E-state index >= 15 is 0 Å². The number of esters is 1. The maximum absolute atomic E-state index is 12.5. The minimum Gasteiger partial charge on any atom is -0.456 e. The largest absolute Gasteiger partial charge is 0.456 e. The number of fused-ring (bicyclic) bond motifs is 1. The molecule has 152 valence electrons. The molecule has 0 spiro atoms. The Morgan fingerprint density at radius 3 is 2.80 bits per heavy atom. The molecule has 4 rings (SSSR count).